The SMILES string of the molecule is COc1ccc(CC(=O)N/N=C\c2ccc(-c3ccc(C)c([N+](=O)[O-])c3)o2)cc1. The van der Waals surface area contributed by atoms with E-state index in [4.69, 9.17) is 9.15 Å². The molecule has 0 spiro atoms. The Morgan fingerprint density at radius 3 is 2.66 bits per heavy atom. The van der Waals surface area contributed by atoms with Crippen molar-refractivity contribution in [2.75, 3.05) is 7.11 Å². The van der Waals surface area contributed by atoms with Crippen molar-refractivity contribution in [2.45, 2.75) is 13.3 Å². The number of nitrogens with zero attached hydrogens (tertiary/aromatic N) is 2. The van der Waals surface area contributed by atoms with Gasteiger partial charge >= 0.3 is 0 Å². The second kappa shape index (κ2) is 8.83. The lowest BCUT2D eigenvalue weighted by atomic mass is 10.1. The van der Waals surface area contributed by atoms with Crippen molar-refractivity contribution in [3.05, 3.63) is 81.6 Å². The van der Waals surface area contributed by atoms with Gasteiger partial charge in [-0.1, -0.05) is 24.3 Å². The Balaban J connectivity index is 1.61. The van der Waals surface area contributed by atoms with E-state index < -0.39 is 4.92 Å². The fraction of sp³-hybridized carbons (Fsp3) is 0.143. The quantitative estimate of drug-likeness (QED) is 0.373. The van der Waals surface area contributed by atoms with Gasteiger partial charge in [-0.25, -0.2) is 5.43 Å². The van der Waals surface area contributed by atoms with Crippen molar-refractivity contribution in [3.63, 3.8) is 0 Å². The van der Waals surface area contributed by atoms with Gasteiger partial charge < -0.3 is 9.15 Å². The van der Waals surface area contributed by atoms with Crippen molar-refractivity contribution in [2.24, 2.45) is 5.10 Å². The smallest absolute Gasteiger partial charge is 0.273 e. The second-order valence-corrected chi connectivity index (χ2v) is 6.28. The van der Waals surface area contributed by atoms with Crippen LogP contribution in [0.25, 0.3) is 11.3 Å². The number of carbonyl (C=O) groups is 1. The number of ether oxygens (including phenoxy) is 1. The monoisotopic (exact) mass is 393 g/mol. The molecule has 1 aromatic heterocycles. The van der Waals surface area contributed by atoms with Gasteiger partial charge in [0.1, 0.15) is 17.3 Å². The number of hydrogen-bond acceptors (Lipinski definition) is 6. The van der Waals surface area contributed by atoms with E-state index >= 15 is 0 Å². The standard InChI is InChI=1S/C21H19N3O5/c1-14-3-6-16(12-19(14)24(26)27)20-10-9-18(29-20)13-22-23-21(25)11-15-4-7-17(28-2)8-5-15/h3-10,12-13H,11H2,1-2H3,(H,23,25)/b22-13-. The van der Waals surface area contributed by atoms with Crippen LogP contribution in [-0.2, 0) is 11.2 Å². The van der Waals surface area contributed by atoms with E-state index in [1.807, 2.05) is 12.1 Å². The molecule has 29 heavy (non-hydrogen) atoms. The Kier molecular flexibility index (Phi) is 6.03. The summed E-state index contributed by atoms with van der Waals surface area (Å²) in [6.45, 7) is 1.68. The minimum atomic E-state index is -0.428. The van der Waals surface area contributed by atoms with Gasteiger partial charge in [0.2, 0.25) is 5.91 Å². The molecule has 0 fully saturated rings. The van der Waals surface area contributed by atoms with Gasteiger partial charge in [-0.2, -0.15) is 5.10 Å². The number of benzene rings is 2. The van der Waals surface area contributed by atoms with Crippen LogP contribution >= 0.6 is 0 Å². The number of amides is 1. The van der Waals surface area contributed by atoms with E-state index in [9.17, 15) is 14.9 Å². The van der Waals surface area contributed by atoms with Crippen LogP contribution in [0.4, 0.5) is 5.69 Å². The third-order valence-electron chi connectivity index (χ3n) is 4.22. The molecule has 0 aliphatic heterocycles. The summed E-state index contributed by atoms with van der Waals surface area (Å²) in [5.74, 6) is 1.33. The summed E-state index contributed by atoms with van der Waals surface area (Å²) in [6, 6.07) is 15.4. The fourth-order valence-electron chi connectivity index (χ4n) is 2.67. The van der Waals surface area contributed by atoms with Crippen LogP contribution in [0.3, 0.4) is 0 Å². The summed E-state index contributed by atoms with van der Waals surface area (Å²) in [7, 11) is 1.58. The number of aryl methyl sites for hydroxylation is 1. The Morgan fingerprint density at radius 2 is 1.97 bits per heavy atom. The Morgan fingerprint density at radius 1 is 1.21 bits per heavy atom. The maximum Gasteiger partial charge on any atom is 0.273 e. The zero-order chi connectivity index (χ0) is 20.8. The summed E-state index contributed by atoms with van der Waals surface area (Å²) in [4.78, 5) is 22.6. The molecule has 0 radical (unpaired) electrons. The molecule has 1 heterocycles. The van der Waals surface area contributed by atoms with Crippen LogP contribution in [0.5, 0.6) is 5.75 Å². The first kappa shape index (κ1) is 19.8. The molecule has 148 valence electrons. The van der Waals surface area contributed by atoms with Crippen LogP contribution in [0.1, 0.15) is 16.9 Å². The highest BCUT2D eigenvalue weighted by Crippen LogP contribution is 2.27. The first-order chi connectivity index (χ1) is 14.0. The molecule has 2 aromatic carbocycles. The molecule has 0 bridgehead atoms. The van der Waals surface area contributed by atoms with Crippen LogP contribution in [-0.4, -0.2) is 24.2 Å². The molecule has 3 aromatic rings. The maximum atomic E-state index is 12.0. The fourth-order valence-corrected chi connectivity index (χ4v) is 2.67. The van der Waals surface area contributed by atoms with Gasteiger partial charge in [-0.3, -0.25) is 14.9 Å². The predicted molar refractivity (Wildman–Crippen MR) is 108 cm³/mol. The minimum Gasteiger partial charge on any atom is -0.497 e. The highest BCUT2D eigenvalue weighted by molar-refractivity contribution is 5.82. The number of carbonyl (C=O) groups excluding carboxylic acids is 1. The molecule has 3 rings (SSSR count). The van der Waals surface area contributed by atoms with Gasteiger partial charge in [-0.05, 0) is 36.8 Å². The molecule has 1 N–H and O–H groups in total. The van der Waals surface area contributed by atoms with Crippen molar-refractivity contribution < 1.29 is 18.9 Å². The second-order valence-electron chi connectivity index (χ2n) is 6.28. The molecule has 8 nitrogen and oxygen atoms in total. The van der Waals surface area contributed by atoms with Crippen LogP contribution in [0.2, 0.25) is 0 Å². The van der Waals surface area contributed by atoms with Gasteiger partial charge in [0.05, 0.1) is 24.7 Å². The lowest BCUT2D eigenvalue weighted by Crippen LogP contribution is -2.19. The zero-order valence-corrected chi connectivity index (χ0v) is 15.9. The predicted octanol–water partition coefficient (Wildman–Crippen LogP) is 3.86. The molecule has 8 heteroatoms. The molecule has 0 atom stereocenters. The van der Waals surface area contributed by atoms with Crippen molar-refractivity contribution in [1.82, 2.24) is 5.43 Å². The van der Waals surface area contributed by atoms with Crippen molar-refractivity contribution in [3.8, 4) is 17.1 Å². The largest absolute Gasteiger partial charge is 0.497 e. The summed E-state index contributed by atoms with van der Waals surface area (Å²) < 4.78 is 10.7. The number of furan rings is 1. The van der Waals surface area contributed by atoms with Crippen LogP contribution in [0.15, 0.2) is 64.1 Å². The Bertz CT molecular complexity index is 1050. The van der Waals surface area contributed by atoms with Gasteiger partial charge in [0, 0.05) is 17.2 Å². The first-order valence-corrected chi connectivity index (χ1v) is 8.76. The number of hydrazone groups is 1. The number of nitro groups is 1. The Labute approximate surface area is 167 Å². The number of nitro benzene ring substituents is 1. The normalized spacial score (nSPS) is 10.8. The molecule has 0 saturated heterocycles. The third kappa shape index (κ3) is 5.07. The number of nitrogens with one attached hydrogen (secondary N) is 1. The highest BCUT2D eigenvalue weighted by atomic mass is 16.6. The lowest BCUT2D eigenvalue weighted by Gasteiger charge is -2.02. The topological polar surface area (TPSA) is 107 Å². The van der Waals surface area contributed by atoms with E-state index in [0.717, 1.165) is 11.3 Å². The minimum absolute atomic E-state index is 0.0277. The van der Waals surface area contributed by atoms with E-state index in [1.165, 1.54) is 12.3 Å². The number of methoxy groups -OCH3 is 1. The molecule has 0 aliphatic rings. The van der Waals surface area contributed by atoms with Crippen molar-refractivity contribution in [1.29, 1.82) is 0 Å². The van der Waals surface area contributed by atoms with Gasteiger partial charge in [-0.15, -0.1) is 0 Å². The Hall–Kier alpha value is -3.94. The molecule has 0 unspecified atom stereocenters. The van der Waals surface area contributed by atoms with E-state index in [-0.39, 0.29) is 18.0 Å². The molecular weight excluding hydrogens is 374 g/mol. The van der Waals surface area contributed by atoms with Crippen LogP contribution in [0, 0.1) is 17.0 Å². The summed E-state index contributed by atoms with van der Waals surface area (Å²) in [5, 5.41) is 15.0. The molecule has 1 amide bonds. The first-order valence-electron chi connectivity index (χ1n) is 8.76. The van der Waals surface area contributed by atoms with E-state index in [1.54, 1.807) is 50.4 Å². The highest BCUT2D eigenvalue weighted by Gasteiger charge is 2.13. The van der Waals surface area contributed by atoms with Crippen molar-refractivity contribution >= 4 is 17.8 Å². The molecule has 0 saturated carbocycles. The lowest BCUT2D eigenvalue weighted by molar-refractivity contribution is -0.385. The molecule has 0 aliphatic carbocycles. The van der Waals surface area contributed by atoms with Crippen LogP contribution < -0.4 is 10.2 Å². The zero-order valence-electron chi connectivity index (χ0n) is 15.9. The van der Waals surface area contributed by atoms with E-state index in [2.05, 4.69) is 10.5 Å². The van der Waals surface area contributed by atoms with Gasteiger partial charge in [0.15, 0.2) is 0 Å². The van der Waals surface area contributed by atoms with E-state index in [0.29, 0.717) is 22.6 Å². The summed E-state index contributed by atoms with van der Waals surface area (Å²) in [6.07, 6.45) is 1.55. The average Bonchev–Trinajstić information content (AvgIpc) is 3.17. The number of hydrogen-bond donors (Lipinski definition) is 1. The number of rotatable bonds is 7. The third-order valence-corrected chi connectivity index (χ3v) is 4.22. The average molecular weight is 393 g/mol. The van der Waals surface area contributed by atoms with Gasteiger partial charge in [0.25, 0.3) is 5.69 Å². The molecular formula is C21H19N3O5. The summed E-state index contributed by atoms with van der Waals surface area (Å²) in [5.41, 5.74) is 4.46. The maximum absolute atomic E-state index is 12.0. The summed E-state index contributed by atoms with van der Waals surface area (Å²) >= 11 is 0.